The van der Waals surface area contributed by atoms with Crippen molar-refractivity contribution in [2.75, 3.05) is 25.9 Å². The zero-order chi connectivity index (χ0) is 24.1. The molecule has 4 rings (SSSR count). The Balaban J connectivity index is 1.20. The van der Waals surface area contributed by atoms with Crippen LogP contribution >= 0.6 is 0 Å². The molecule has 1 amide bonds. The summed E-state index contributed by atoms with van der Waals surface area (Å²) in [5.74, 6) is -0.101. The number of hydrogen-bond donors (Lipinski definition) is 1. The summed E-state index contributed by atoms with van der Waals surface area (Å²) in [6.07, 6.45) is 4.09. The quantitative estimate of drug-likeness (QED) is 0.521. The number of amides is 1. The average molecular weight is 487 g/mol. The molecule has 1 aliphatic rings. The topological polar surface area (TPSA) is 105 Å². The molecular formula is C24H27FN4O4S. The highest BCUT2D eigenvalue weighted by atomic mass is 32.2. The molecule has 10 heteroatoms. The summed E-state index contributed by atoms with van der Waals surface area (Å²) in [4.78, 5) is 14.9. The number of aromatic nitrogens is 2. The predicted octanol–water partition coefficient (Wildman–Crippen LogP) is 3.31. The van der Waals surface area contributed by atoms with Gasteiger partial charge in [-0.3, -0.25) is 9.69 Å². The third kappa shape index (κ3) is 6.27. The molecule has 180 valence electrons. The normalized spacial score (nSPS) is 15.4. The van der Waals surface area contributed by atoms with Crippen LogP contribution in [0.25, 0.3) is 11.5 Å². The van der Waals surface area contributed by atoms with Crippen LogP contribution in [0.3, 0.4) is 0 Å². The number of likely N-dealkylation sites (tertiary alicyclic amines) is 1. The summed E-state index contributed by atoms with van der Waals surface area (Å²) in [6, 6.07) is 12.7. The summed E-state index contributed by atoms with van der Waals surface area (Å²) < 4.78 is 41.7. The lowest BCUT2D eigenvalue weighted by Gasteiger charge is -2.32. The van der Waals surface area contributed by atoms with E-state index in [0.717, 1.165) is 50.7 Å². The van der Waals surface area contributed by atoms with Gasteiger partial charge in [0.1, 0.15) is 5.82 Å². The van der Waals surface area contributed by atoms with Crippen LogP contribution in [0.2, 0.25) is 0 Å². The summed E-state index contributed by atoms with van der Waals surface area (Å²) in [7, 11) is -3.29. The van der Waals surface area contributed by atoms with Gasteiger partial charge in [-0.1, -0.05) is 12.1 Å². The summed E-state index contributed by atoms with van der Waals surface area (Å²) >= 11 is 0. The Hall–Kier alpha value is -3.11. The van der Waals surface area contributed by atoms with Gasteiger partial charge in [-0.25, -0.2) is 12.8 Å². The molecule has 0 aliphatic carbocycles. The molecule has 0 bridgehead atoms. The molecule has 2 heterocycles. The fourth-order valence-corrected chi connectivity index (χ4v) is 4.65. The average Bonchev–Trinajstić information content (AvgIpc) is 3.32. The lowest BCUT2D eigenvalue weighted by atomic mass is 9.93. The minimum absolute atomic E-state index is 0.128. The van der Waals surface area contributed by atoms with Gasteiger partial charge in [0.05, 0.1) is 4.90 Å². The van der Waals surface area contributed by atoms with Gasteiger partial charge in [-0.15, -0.1) is 10.2 Å². The third-order valence-electron chi connectivity index (χ3n) is 6.01. The monoisotopic (exact) mass is 486 g/mol. The number of nitrogens with zero attached hydrogens (tertiary/aromatic N) is 3. The maximum Gasteiger partial charge on any atom is 0.308 e. The van der Waals surface area contributed by atoms with Crippen LogP contribution in [0.4, 0.5) is 4.39 Å². The molecule has 0 unspecified atom stereocenters. The van der Waals surface area contributed by atoms with Crippen LogP contribution in [-0.4, -0.2) is 55.3 Å². The van der Waals surface area contributed by atoms with Gasteiger partial charge in [-0.2, -0.15) is 0 Å². The van der Waals surface area contributed by atoms with E-state index in [4.69, 9.17) is 4.42 Å². The van der Waals surface area contributed by atoms with Crippen molar-refractivity contribution in [1.29, 1.82) is 0 Å². The van der Waals surface area contributed by atoms with Crippen molar-refractivity contribution in [3.8, 4) is 11.5 Å². The summed E-state index contributed by atoms with van der Waals surface area (Å²) in [6.45, 7) is 3.28. The zero-order valence-electron chi connectivity index (χ0n) is 18.9. The summed E-state index contributed by atoms with van der Waals surface area (Å²) in [5, 5.41) is 10.5. The molecule has 3 aromatic rings. The highest BCUT2D eigenvalue weighted by Gasteiger charge is 2.21. The van der Waals surface area contributed by atoms with Crippen LogP contribution in [-0.2, 0) is 16.4 Å². The summed E-state index contributed by atoms with van der Waals surface area (Å²) in [5.41, 5.74) is 1.64. The minimum atomic E-state index is -3.29. The van der Waals surface area contributed by atoms with Crippen molar-refractivity contribution in [2.24, 2.45) is 5.92 Å². The number of hydrogen-bond acceptors (Lipinski definition) is 7. The Bertz CT molecular complexity index is 1220. The molecule has 1 fully saturated rings. The molecule has 1 aliphatic heterocycles. The van der Waals surface area contributed by atoms with E-state index in [9.17, 15) is 17.6 Å². The smallest absolute Gasteiger partial charge is 0.308 e. The van der Waals surface area contributed by atoms with Crippen molar-refractivity contribution >= 4 is 15.7 Å². The molecule has 2 aromatic carbocycles. The number of rotatable bonds is 8. The number of carbonyl (C=O) groups excluding carboxylic acids is 1. The van der Waals surface area contributed by atoms with E-state index in [-0.39, 0.29) is 22.5 Å². The number of benzene rings is 2. The van der Waals surface area contributed by atoms with E-state index in [0.29, 0.717) is 18.0 Å². The first-order valence-corrected chi connectivity index (χ1v) is 13.1. The first-order chi connectivity index (χ1) is 16.3. The Labute approximate surface area is 198 Å². The molecule has 0 spiro atoms. The number of halogens is 1. The van der Waals surface area contributed by atoms with Gasteiger partial charge in [0.15, 0.2) is 9.84 Å². The fourth-order valence-electron chi connectivity index (χ4n) is 4.02. The van der Waals surface area contributed by atoms with Crippen LogP contribution in [0.1, 0.15) is 35.5 Å². The minimum Gasteiger partial charge on any atom is -0.412 e. The van der Waals surface area contributed by atoms with Crippen molar-refractivity contribution in [3.05, 3.63) is 65.8 Å². The zero-order valence-corrected chi connectivity index (χ0v) is 19.7. The molecule has 34 heavy (non-hydrogen) atoms. The molecular weight excluding hydrogens is 459 g/mol. The van der Waals surface area contributed by atoms with Crippen LogP contribution < -0.4 is 5.32 Å². The maximum absolute atomic E-state index is 13.1. The van der Waals surface area contributed by atoms with Crippen molar-refractivity contribution < 1.29 is 22.0 Å². The van der Waals surface area contributed by atoms with E-state index < -0.39 is 15.7 Å². The number of nitrogens with one attached hydrogen (secondary N) is 1. The van der Waals surface area contributed by atoms with Gasteiger partial charge >= 0.3 is 11.8 Å². The van der Waals surface area contributed by atoms with E-state index in [1.165, 1.54) is 24.3 Å². The lowest BCUT2D eigenvalue weighted by Crippen LogP contribution is -2.35. The maximum atomic E-state index is 13.1. The number of piperidine rings is 1. The molecule has 8 nitrogen and oxygen atoms in total. The Morgan fingerprint density at radius 3 is 2.41 bits per heavy atom. The number of carbonyl (C=O) groups is 1. The predicted molar refractivity (Wildman–Crippen MR) is 124 cm³/mol. The SMILES string of the molecule is CS(=O)(=O)c1ccc(-c2nnc(C(=O)NCCC3CCN(Cc4ccc(F)cc4)CC3)o2)cc1. The Morgan fingerprint density at radius 1 is 1.09 bits per heavy atom. The first kappa shape index (κ1) is 24.0. The number of sulfone groups is 1. The van der Waals surface area contributed by atoms with Gasteiger partial charge in [0, 0.05) is 24.9 Å². The van der Waals surface area contributed by atoms with Gasteiger partial charge < -0.3 is 9.73 Å². The molecule has 0 radical (unpaired) electrons. The van der Waals surface area contributed by atoms with E-state index in [1.807, 2.05) is 12.1 Å². The molecule has 0 saturated carbocycles. The van der Waals surface area contributed by atoms with Crippen molar-refractivity contribution in [2.45, 2.75) is 30.7 Å². The second-order valence-electron chi connectivity index (χ2n) is 8.60. The van der Waals surface area contributed by atoms with Gasteiger partial charge in [0.25, 0.3) is 0 Å². The standard InChI is InChI=1S/C24H27FN4O4S/c1-34(31,32)21-8-4-19(5-9-21)23-27-28-24(33-23)22(30)26-13-10-17-11-14-29(15-12-17)16-18-2-6-20(25)7-3-18/h2-9,17H,10-16H2,1H3,(H,26,30). The van der Waals surface area contributed by atoms with Crippen LogP contribution in [0.15, 0.2) is 57.8 Å². The first-order valence-electron chi connectivity index (χ1n) is 11.2. The highest BCUT2D eigenvalue weighted by molar-refractivity contribution is 7.90. The molecule has 1 N–H and O–H groups in total. The molecule has 1 saturated heterocycles. The van der Waals surface area contributed by atoms with Crippen LogP contribution in [0, 0.1) is 11.7 Å². The largest absolute Gasteiger partial charge is 0.412 e. The van der Waals surface area contributed by atoms with Crippen molar-refractivity contribution in [1.82, 2.24) is 20.4 Å². The van der Waals surface area contributed by atoms with E-state index in [1.54, 1.807) is 12.1 Å². The fraction of sp³-hybridized carbons (Fsp3) is 0.375. The van der Waals surface area contributed by atoms with E-state index in [2.05, 4.69) is 20.4 Å². The molecule has 1 aromatic heterocycles. The Kier molecular flexibility index (Phi) is 7.38. The second kappa shape index (κ2) is 10.4. The lowest BCUT2D eigenvalue weighted by molar-refractivity contribution is 0.0913. The highest BCUT2D eigenvalue weighted by Crippen LogP contribution is 2.22. The van der Waals surface area contributed by atoms with E-state index >= 15 is 0 Å². The van der Waals surface area contributed by atoms with Gasteiger partial charge in [-0.05, 0) is 80.2 Å². The molecule has 0 atom stereocenters. The third-order valence-corrected chi connectivity index (χ3v) is 7.14. The second-order valence-corrected chi connectivity index (χ2v) is 10.6. The van der Waals surface area contributed by atoms with Gasteiger partial charge in [0.2, 0.25) is 5.89 Å². The van der Waals surface area contributed by atoms with Crippen LogP contribution in [0.5, 0.6) is 0 Å². The van der Waals surface area contributed by atoms with Crippen molar-refractivity contribution in [3.63, 3.8) is 0 Å². The Morgan fingerprint density at radius 2 is 1.76 bits per heavy atom.